The third kappa shape index (κ3) is 30.2. The summed E-state index contributed by atoms with van der Waals surface area (Å²) in [5.41, 5.74) is 1.66. The quantitative estimate of drug-likeness (QED) is 0.0708. The van der Waals surface area contributed by atoms with E-state index < -0.39 is 12.9 Å². The summed E-state index contributed by atoms with van der Waals surface area (Å²) in [7, 11) is -0.787. The molecular weight excluding hydrogens is 844 g/mol. The first-order chi connectivity index (χ1) is 31.3. The Morgan fingerprint density at radius 2 is 0.818 bits per heavy atom. The van der Waals surface area contributed by atoms with Crippen LogP contribution in [0.1, 0.15) is 115 Å². The Bertz CT molecular complexity index is 1850. The van der Waals surface area contributed by atoms with Crippen LogP contribution in [-0.2, 0) is 29.0 Å². The van der Waals surface area contributed by atoms with Gasteiger partial charge in [0.05, 0.1) is 14.2 Å². The van der Waals surface area contributed by atoms with Crippen molar-refractivity contribution in [2.45, 2.75) is 120 Å². The molecule has 0 aromatic heterocycles. The van der Waals surface area contributed by atoms with Crippen LogP contribution in [0.4, 0.5) is 0 Å². The van der Waals surface area contributed by atoms with E-state index in [1.807, 2.05) is 113 Å². The number of methoxy groups -OCH3 is 2. The van der Waals surface area contributed by atoms with Crippen molar-refractivity contribution in [3.63, 3.8) is 0 Å². The molecule has 0 spiro atoms. The topological polar surface area (TPSA) is 89.5 Å². The number of allylic oxidation sites excluding steroid dienone is 9. The molecule has 0 aliphatic carbocycles. The van der Waals surface area contributed by atoms with E-state index in [-0.39, 0.29) is 11.0 Å². The van der Waals surface area contributed by atoms with Gasteiger partial charge in [-0.2, -0.15) is 0 Å². The highest BCUT2D eigenvalue weighted by atomic mass is 31.2. The minimum atomic E-state index is -3.95. The molecule has 66 heavy (non-hydrogen) atoms. The predicted octanol–water partition coefficient (Wildman–Crippen LogP) is 17.5. The van der Waals surface area contributed by atoms with Gasteiger partial charge < -0.3 is 32.8 Å². The molecule has 9 heteroatoms. The van der Waals surface area contributed by atoms with Crippen molar-refractivity contribution in [2.75, 3.05) is 14.2 Å². The first-order valence-corrected chi connectivity index (χ1v) is 23.8. The van der Waals surface area contributed by atoms with Crippen molar-refractivity contribution in [3.05, 3.63) is 201 Å². The number of hydrogen-bond acceptors (Lipinski definition) is 8. The summed E-state index contributed by atoms with van der Waals surface area (Å²) in [5.74, 6) is 3.23. The maximum Gasteiger partial charge on any atom is 0.473 e. The zero-order valence-corrected chi connectivity index (χ0v) is 44.8. The summed E-state index contributed by atoms with van der Waals surface area (Å²) in [6.45, 7) is 53.4. The average molecular weight is 931 g/mol. The Kier molecular flexibility index (Phi) is 42.4. The van der Waals surface area contributed by atoms with E-state index in [4.69, 9.17) is 32.8 Å². The third-order valence-corrected chi connectivity index (χ3v) is 9.90. The summed E-state index contributed by atoms with van der Waals surface area (Å²) in [6, 6.07) is 24.6. The van der Waals surface area contributed by atoms with Crippen LogP contribution < -0.4 is 13.8 Å². The molecule has 3 rings (SSSR count). The molecule has 3 aromatic rings. The minimum Gasteiger partial charge on any atom is -0.497 e. The van der Waals surface area contributed by atoms with Crippen molar-refractivity contribution < 1.29 is 37.4 Å². The SMILES string of the molecule is C=C/C=C\C(=C)OC.C=C/C=C\C(=C)OC.C=C/C=C\C(=C)OC(C)(C)P(=O)(Oc1ccccc1)Oc1ccc(C(C)(C)c2ccc(OC(C)(C)C)cc2)cc1.C=O.CC.CC.CC.CC. The van der Waals surface area contributed by atoms with Crippen LogP contribution in [0.5, 0.6) is 17.2 Å². The monoisotopic (exact) mass is 931 g/mol. The fraction of sp³-hybridized carbons (Fsp3) is 0.351. The number of rotatable bonds is 18. The van der Waals surface area contributed by atoms with Gasteiger partial charge in [0.15, 0.2) is 0 Å². The normalized spacial score (nSPS) is 11.0. The zero-order valence-electron chi connectivity index (χ0n) is 43.9. The lowest BCUT2D eigenvalue weighted by Gasteiger charge is -2.33. The Morgan fingerprint density at radius 1 is 0.500 bits per heavy atom. The van der Waals surface area contributed by atoms with Gasteiger partial charge in [0, 0.05) is 5.41 Å². The summed E-state index contributed by atoms with van der Waals surface area (Å²) in [5, 5.41) is -1.36. The number of carbonyl (C=O) groups excluding carboxylic acids is 1. The lowest BCUT2D eigenvalue weighted by atomic mass is 9.78. The van der Waals surface area contributed by atoms with Crippen molar-refractivity contribution in [3.8, 4) is 17.2 Å². The van der Waals surface area contributed by atoms with Gasteiger partial charge in [-0.25, -0.2) is 4.57 Å². The van der Waals surface area contributed by atoms with E-state index in [1.165, 1.54) is 0 Å². The van der Waals surface area contributed by atoms with Crippen molar-refractivity contribution >= 4 is 14.4 Å². The van der Waals surface area contributed by atoms with Gasteiger partial charge in [0.25, 0.3) is 0 Å². The van der Waals surface area contributed by atoms with E-state index in [1.54, 1.807) is 119 Å². The zero-order chi connectivity index (χ0) is 52.4. The lowest BCUT2D eigenvalue weighted by molar-refractivity contribution is -0.0980. The van der Waals surface area contributed by atoms with Crippen molar-refractivity contribution in [2.24, 2.45) is 0 Å². The molecule has 0 saturated carbocycles. The Labute approximate surface area is 403 Å². The lowest BCUT2D eigenvalue weighted by Crippen LogP contribution is -2.29. The van der Waals surface area contributed by atoms with E-state index in [9.17, 15) is 4.57 Å². The molecule has 0 aliphatic rings. The average Bonchev–Trinajstić information content (AvgIpc) is 3.32. The van der Waals surface area contributed by atoms with Crippen LogP contribution in [0.25, 0.3) is 0 Å². The van der Waals surface area contributed by atoms with Gasteiger partial charge in [-0.3, -0.25) is 0 Å². The fourth-order valence-electron chi connectivity index (χ4n) is 4.46. The summed E-state index contributed by atoms with van der Waals surface area (Å²) < 4.78 is 47.9. The smallest absolute Gasteiger partial charge is 0.473 e. The molecule has 3 aromatic carbocycles. The number of hydrogen-bond donors (Lipinski definition) is 0. The van der Waals surface area contributed by atoms with E-state index >= 15 is 0 Å². The Balaban J connectivity index is -0.000000393. The third-order valence-electron chi connectivity index (χ3n) is 7.59. The van der Waals surface area contributed by atoms with Gasteiger partial charge in [-0.1, -0.05) is 188 Å². The molecule has 0 amide bonds. The molecule has 1 unspecified atom stereocenters. The van der Waals surface area contributed by atoms with Gasteiger partial charge in [-0.15, -0.1) is 0 Å². The van der Waals surface area contributed by atoms with Crippen LogP contribution in [0.2, 0.25) is 0 Å². The van der Waals surface area contributed by atoms with E-state index in [0.29, 0.717) is 28.8 Å². The van der Waals surface area contributed by atoms with E-state index in [0.717, 1.165) is 16.9 Å². The van der Waals surface area contributed by atoms with Crippen LogP contribution in [0.15, 0.2) is 190 Å². The molecule has 0 aliphatic heterocycles. The molecule has 1 atom stereocenters. The number of carbonyl (C=O) groups is 1. The van der Waals surface area contributed by atoms with Gasteiger partial charge in [-0.05, 0) is 100 Å². The van der Waals surface area contributed by atoms with Crippen LogP contribution >= 0.6 is 7.60 Å². The molecule has 0 radical (unpaired) electrons. The number of para-hydroxylation sites is 1. The van der Waals surface area contributed by atoms with Gasteiger partial charge in [0.2, 0.25) is 5.34 Å². The van der Waals surface area contributed by atoms with Crippen LogP contribution in [0.3, 0.4) is 0 Å². The summed E-state index contributed by atoms with van der Waals surface area (Å²) in [6.07, 6.45) is 15.3. The number of benzene rings is 3. The molecule has 8 nitrogen and oxygen atoms in total. The summed E-state index contributed by atoms with van der Waals surface area (Å²) >= 11 is 0. The second kappa shape index (κ2) is 40.5. The Hall–Kier alpha value is -5.98. The molecule has 0 bridgehead atoms. The van der Waals surface area contributed by atoms with Crippen LogP contribution in [0, 0.1) is 0 Å². The molecule has 0 N–H and O–H groups in total. The maximum absolute atomic E-state index is 14.4. The highest BCUT2D eigenvalue weighted by molar-refractivity contribution is 7.56. The highest BCUT2D eigenvalue weighted by Crippen LogP contribution is 2.60. The maximum atomic E-state index is 14.4. The molecule has 368 valence electrons. The molecule has 0 fully saturated rings. The van der Waals surface area contributed by atoms with Crippen molar-refractivity contribution in [1.82, 2.24) is 0 Å². The first kappa shape index (κ1) is 69.1. The fourth-order valence-corrected chi connectivity index (χ4v) is 5.97. The van der Waals surface area contributed by atoms with E-state index in [2.05, 4.69) is 65.5 Å². The second-order valence-electron chi connectivity index (χ2n) is 14.0. The van der Waals surface area contributed by atoms with Crippen LogP contribution in [-0.4, -0.2) is 32.0 Å². The van der Waals surface area contributed by atoms with Gasteiger partial charge >= 0.3 is 7.60 Å². The highest BCUT2D eigenvalue weighted by Gasteiger charge is 2.49. The Morgan fingerprint density at radius 3 is 1.14 bits per heavy atom. The van der Waals surface area contributed by atoms with Crippen molar-refractivity contribution in [1.29, 1.82) is 0 Å². The summed E-state index contributed by atoms with van der Waals surface area (Å²) in [4.78, 5) is 8.00. The number of ether oxygens (including phenoxy) is 4. The molecular formula is C57H87O8P. The predicted molar refractivity (Wildman–Crippen MR) is 288 cm³/mol. The first-order valence-electron chi connectivity index (χ1n) is 22.2. The largest absolute Gasteiger partial charge is 0.497 e. The molecule has 0 heterocycles. The standard InChI is InChI=1S/C34H41O5P.2C7H10O.4C2H6.CH2O/c1-10-11-15-26(2)36-34(8,9)40(35,38-30-16-13-12-14-17-30)39-31-24-20-28(21-25-31)33(6,7)27-18-22-29(23-19-27)37-32(3,4)5;2*1-4-5-6-7(2)8-3;5*1-2/h10-25H,1-2H2,3-9H3;2*4-6H,1-2H2,3H3;4*1-2H3;1H2/b15-11-;2*6-5-;;;;;. The van der Waals surface area contributed by atoms with Gasteiger partial charge in [0.1, 0.15) is 46.9 Å². The molecule has 0 saturated heterocycles. The second-order valence-corrected chi connectivity index (χ2v) is 16.5. The minimum absolute atomic E-state index is 0.258.